The third kappa shape index (κ3) is 8.81. The largest absolute Gasteiger partial charge is 0.480 e. The first-order chi connectivity index (χ1) is 18.4. The van der Waals surface area contributed by atoms with Gasteiger partial charge < -0.3 is 31.8 Å². The molecule has 216 valence electrons. The van der Waals surface area contributed by atoms with Crippen molar-refractivity contribution in [3.63, 3.8) is 0 Å². The number of carbonyl (C=O) groups excluding carboxylic acids is 3. The van der Waals surface area contributed by atoms with E-state index in [-0.39, 0.29) is 24.2 Å². The molecule has 6 atom stereocenters. The monoisotopic (exact) mass is 543 g/mol. The number of aromatic nitrogens is 1. The topological polar surface area (TPSA) is 166 Å². The number of carboxylic acids is 1. The summed E-state index contributed by atoms with van der Waals surface area (Å²) in [7, 11) is 0. The number of fused-ring (bicyclic) bond motifs is 1. The van der Waals surface area contributed by atoms with E-state index in [0.29, 0.717) is 19.3 Å². The smallest absolute Gasteiger partial charge is 0.326 e. The molecule has 1 aromatic heterocycles. The normalized spacial score (nSPS) is 16.1. The third-order valence-electron chi connectivity index (χ3n) is 7.36. The number of benzene rings is 1. The maximum absolute atomic E-state index is 13.4. The molecule has 10 heteroatoms. The molecule has 0 radical (unpaired) electrons. The van der Waals surface area contributed by atoms with Crippen LogP contribution in [0.4, 0.5) is 0 Å². The molecule has 7 N–H and O–H groups in total. The number of hydrogen-bond donors (Lipinski definition) is 6. The van der Waals surface area contributed by atoms with Crippen molar-refractivity contribution in [3.8, 4) is 0 Å². The van der Waals surface area contributed by atoms with Gasteiger partial charge in [0.2, 0.25) is 17.7 Å². The lowest BCUT2D eigenvalue weighted by Gasteiger charge is -2.30. The van der Waals surface area contributed by atoms with Crippen LogP contribution in [0.1, 0.15) is 66.4 Å². The number of nitrogens with one attached hydrogen (secondary N) is 4. The lowest BCUT2D eigenvalue weighted by Crippen LogP contribution is -2.60. The van der Waals surface area contributed by atoms with E-state index in [9.17, 15) is 24.3 Å². The number of H-pyrrole nitrogens is 1. The van der Waals surface area contributed by atoms with Gasteiger partial charge in [0.25, 0.3) is 0 Å². The number of aromatic amines is 1. The average Bonchev–Trinajstić information content (AvgIpc) is 3.30. The van der Waals surface area contributed by atoms with Gasteiger partial charge in [0.05, 0.1) is 6.04 Å². The fraction of sp³-hybridized carbons (Fsp3) is 0.586. The first-order valence-electron chi connectivity index (χ1n) is 13.8. The van der Waals surface area contributed by atoms with Gasteiger partial charge in [-0.2, -0.15) is 0 Å². The highest BCUT2D eigenvalue weighted by atomic mass is 16.4. The number of amides is 3. The van der Waals surface area contributed by atoms with E-state index in [1.807, 2.05) is 65.8 Å². The van der Waals surface area contributed by atoms with Gasteiger partial charge in [0, 0.05) is 23.5 Å². The Bertz CT molecular complexity index is 1130. The Morgan fingerprint density at radius 3 is 1.95 bits per heavy atom. The number of nitrogens with two attached hydrogens (primary N) is 1. The zero-order chi connectivity index (χ0) is 29.3. The van der Waals surface area contributed by atoms with E-state index in [0.717, 1.165) is 16.5 Å². The van der Waals surface area contributed by atoms with Crippen LogP contribution in [-0.4, -0.2) is 57.9 Å². The van der Waals surface area contributed by atoms with Crippen LogP contribution in [0.2, 0.25) is 0 Å². The molecule has 3 amide bonds. The summed E-state index contributed by atoms with van der Waals surface area (Å²) in [5, 5.41) is 19.0. The molecule has 0 aliphatic heterocycles. The Hall–Kier alpha value is -3.40. The number of aliphatic carboxylic acids is 1. The second kappa shape index (κ2) is 14.7. The summed E-state index contributed by atoms with van der Waals surface area (Å²) < 4.78 is 0. The minimum Gasteiger partial charge on any atom is -0.480 e. The van der Waals surface area contributed by atoms with Crippen molar-refractivity contribution in [2.75, 3.05) is 0 Å². The van der Waals surface area contributed by atoms with Crippen molar-refractivity contribution in [3.05, 3.63) is 36.0 Å². The molecule has 6 unspecified atom stereocenters. The van der Waals surface area contributed by atoms with Crippen LogP contribution in [-0.2, 0) is 25.6 Å². The fourth-order valence-electron chi connectivity index (χ4n) is 4.50. The summed E-state index contributed by atoms with van der Waals surface area (Å²) in [6.45, 7) is 11.4. The molecule has 0 bridgehead atoms. The lowest BCUT2D eigenvalue weighted by atomic mass is 9.94. The van der Waals surface area contributed by atoms with Crippen molar-refractivity contribution in [2.24, 2.45) is 23.5 Å². The average molecular weight is 544 g/mol. The summed E-state index contributed by atoms with van der Waals surface area (Å²) in [6.07, 6.45) is 3.48. The molecule has 1 heterocycles. The molecular weight excluding hydrogens is 498 g/mol. The molecule has 1 aromatic carbocycles. The molecule has 0 spiro atoms. The predicted octanol–water partition coefficient (Wildman–Crippen LogP) is 2.72. The van der Waals surface area contributed by atoms with E-state index in [4.69, 9.17) is 5.73 Å². The highest BCUT2D eigenvalue weighted by molar-refractivity contribution is 5.94. The molecule has 10 nitrogen and oxygen atoms in total. The van der Waals surface area contributed by atoms with Crippen LogP contribution in [0, 0.1) is 17.8 Å². The van der Waals surface area contributed by atoms with Crippen LogP contribution >= 0.6 is 0 Å². The fourth-order valence-corrected chi connectivity index (χ4v) is 4.50. The van der Waals surface area contributed by atoms with Crippen molar-refractivity contribution in [1.82, 2.24) is 20.9 Å². The Labute approximate surface area is 230 Å². The van der Waals surface area contributed by atoms with Crippen molar-refractivity contribution in [2.45, 2.75) is 91.4 Å². The minimum absolute atomic E-state index is 0.0750. The van der Waals surface area contributed by atoms with Crippen LogP contribution in [0.25, 0.3) is 10.9 Å². The van der Waals surface area contributed by atoms with Gasteiger partial charge in [0.15, 0.2) is 0 Å². The first-order valence-corrected chi connectivity index (χ1v) is 13.8. The Balaban J connectivity index is 2.21. The molecule has 0 saturated heterocycles. The minimum atomic E-state index is -1.20. The SMILES string of the molecule is CCC(C)C(NC(=O)C(N)CC(C)C)C(=O)NC(C(=O)NC(Cc1c[nH]c2ccccc12)C(=O)O)C(C)CC. The van der Waals surface area contributed by atoms with E-state index in [2.05, 4.69) is 20.9 Å². The van der Waals surface area contributed by atoms with Crippen LogP contribution in [0.3, 0.4) is 0 Å². The summed E-state index contributed by atoms with van der Waals surface area (Å²) in [4.78, 5) is 54.8. The van der Waals surface area contributed by atoms with Gasteiger partial charge in [-0.25, -0.2) is 4.79 Å². The van der Waals surface area contributed by atoms with Crippen LogP contribution in [0.15, 0.2) is 30.5 Å². The number of carboxylic acid groups (broad SMARTS) is 1. The van der Waals surface area contributed by atoms with E-state index < -0.39 is 47.9 Å². The second-order valence-electron chi connectivity index (χ2n) is 10.9. The van der Waals surface area contributed by atoms with E-state index in [1.54, 1.807) is 6.20 Å². The van der Waals surface area contributed by atoms with Gasteiger partial charge in [-0.15, -0.1) is 0 Å². The van der Waals surface area contributed by atoms with Crippen molar-refractivity contribution < 1.29 is 24.3 Å². The molecule has 2 aromatic rings. The Morgan fingerprint density at radius 1 is 0.872 bits per heavy atom. The maximum atomic E-state index is 13.4. The van der Waals surface area contributed by atoms with Gasteiger partial charge in [0.1, 0.15) is 18.1 Å². The zero-order valence-corrected chi connectivity index (χ0v) is 23.9. The zero-order valence-electron chi connectivity index (χ0n) is 23.9. The van der Waals surface area contributed by atoms with Gasteiger partial charge in [-0.05, 0) is 35.8 Å². The standard InChI is InChI=1S/C29H45N5O5/c1-7-17(5)24(34-28(37)25(18(6)8-2)33-26(35)21(30)13-16(3)4)27(36)32-23(29(38)39)14-19-15-31-22-12-10-9-11-20(19)22/h9-12,15-18,21,23-25,31H,7-8,13-14,30H2,1-6H3,(H,32,36)(H,33,35)(H,34,37)(H,38,39). The Kier molecular flexibility index (Phi) is 12.0. The van der Waals surface area contributed by atoms with Gasteiger partial charge in [-0.3, -0.25) is 14.4 Å². The maximum Gasteiger partial charge on any atom is 0.326 e. The van der Waals surface area contributed by atoms with Crippen LogP contribution in [0.5, 0.6) is 0 Å². The van der Waals surface area contributed by atoms with Crippen molar-refractivity contribution in [1.29, 1.82) is 0 Å². The predicted molar refractivity (Wildman–Crippen MR) is 152 cm³/mol. The van der Waals surface area contributed by atoms with Crippen molar-refractivity contribution >= 4 is 34.6 Å². The molecule has 0 fully saturated rings. The highest BCUT2D eigenvalue weighted by Crippen LogP contribution is 2.20. The number of para-hydroxylation sites is 1. The third-order valence-corrected chi connectivity index (χ3v) is 7.36. The number of hydrogen-bond acceptors (Lipinski definition) is 5. The number of carbonyl (C=O) groups is 4. The molecule has 2 rings (SSSR count). The summed E-state index contributed by atoms with van der Waals surface area (Å²) >= 11 is 0. The van der Waals surface area contributed by atoms with E-state index >= 15 is 0 Å². The second-order valence-corrected chi connectivity index (χ2v) is 10.9. The summed E-state index contributed by atoms with van der Waals surface area (Å²) in [5.41, 5.74) is 7.67. The Morgan fingerprint density at radius 2 is 1.41 bits per heavy atom. The van der Waals surface area contributed by atoms with Crippen LogP contribution < -0.4 is 21.7 Å². The quantitative estimate of drug-likeness (QED) is 0.202. The molecule has 39 heavy (non-hydrogen) atoms. The molecular formula is C29H45N5O5. The summed E-state index contributed by atoms with van der Waals surface area (Å²) in [6, 6.07) is 3.71. The molecule has 0 aliphatic carbocycles. The molecule has 0 saturated carbocycles. The molecule has 0 aliphatic rings. The van der Waals surface area contributed by atoms with Gasteiger partial charge in [-0.1, -0.05) is 72.6 Å². The number of rotatable bonds is 15. The van der Waals surface area contributed by atoms with Gasteiger partial charge >= 0.3 is 5.97 Å². The van der Waals surface area contributed by atoms with E-state index in [1.165, 1.54) is 0 Å². The highest BCUT2D eigenvalue weighted by Gasteiger charge is 2.34. The lowest BCUT2D eigenvalue weighted by molar-refractivity contribution is -0.142. The summed E-state index contributed by atoms with van der Waals surface area (Å²) in [5.74, 6) is -2.96. The first kappa shape index (κ1) is 31.8.